The zero-order valence-electron chi connectivity index (χ0n) is 20.1. The first-order chi connectivity index (χ1) is 18.9. The Balaban J connectivity index is 1.54. The van der Waals surface area contributed by atoms with Crippen molar-refractivity contribution >= 4 is 60.3 Å². The van der Waals surface area contributed by atoms with Crippen molar-refractivity contribution in [1.82, 2.24) is 0 Å². The Bertz CT molecular complexity index is 1990. The zero-order chi connectivity index (χ0) is 28.8. The topological polar surface area (TPSA) is 189 Å². The van der Waals surface area contributed by atoms with Crippen LogP contribution in [0.3, 0.4) is 0 Å². The largest absolute Gasteiger partial charge is 0.508 e. The first kappa shape index (κ1) is 26.9. The lowest BCUT2D eigenvalue weighted by Crippen LogP contribution is -2.20. The molecule has 2 amide bonds. The Labute approximate surface area is 234 Å². The molecule has 5 rings (SSSR count). The average Bonchev–Trinajstić information content (AvgIpc) is 2.87. The summed E-state index contributed by atoms with van der Waals surface area (Å²) >= 11 is 3.18. The number of carboxylic acids is 1. The number of fused-ring (bicyclic) bond motifs is 2. The number of benzene rings is 4. The number of primary sulfonamides is 1. The highest BCUT2D eigenvalue weighted by Crippen LogP contribution is 2.42. The fourth-order valence-electron chi connectivity index (χ4n) is 4.23. The van der Waals surface area contributed by atoms with Gasteiger partial charge in [0.25, 0.3) is 0 Å². The lowest BCUT2D eigenvalue weighted by Gasteiger charge is -2.17. The summed E-state index contributed by atoms with van der Waals surface area (Å²) in [6.45, 7) is 0. The number of sulfonamides is 1. The molecule has 0 aromatic heterocycles. The summed E-state index contributed by atoms with van der Waals surface area (Å²) in [5, 5.41) is 30.7. The first-order valence-corrected chi connectivity index (χ1v) is 13.7. The number of urea groups is 1. The van der Waals surface area contributed by atoms with Crippen LogP contribution in [0.2, 0.25) is 0 Å². The van der Waals surface area contributed by atoms with Gasteiger partial charge >= 0.3 is 12.0 Å². The van der Waals surface area contributed by atoms with Gasteiger partial charge in [-0.05, 0) is 76.1 Å². The Kier molecular flexibility index (Phi) is 6.79. The van der Waals surface area contributed by atoms with Crippen molar-refractivity contribution in [3.8, 4) is 28.2 Å². The summed E-state index contributed by atoms with van der Waals surface area (Å²) in [7, 11) is -3.94. The number of phenols is 1. The van der Waals surface area contributed by atoms with Gasteiger partial charge in [-0.15, -0.1) is 0 Å². The molecule has 1 aliphatic heterocycles. The summed E-state index contributed by atoms with van der Waals surface area (Å²) in [6, 6.07) is 15.9. The third-order valence-corrected chi connectivity index (χ3v) is 7.54. The normalized spacial score (nSPS) is 11.4. The summed E-state index contributed by atoms with van der Waals surface area (Å²) in [5.41, 5.74) is 1.41. The molecule has 3 aromatic rings. The van der Waals surface area contributed by atoms with Gasteiger partial charge in [-0.1, -0.05) is 6.07 Å². The maximum absolute atomic E-state index is 12.7. The number of carbonyl (C=O) groups excluding carboxylic acids is 1. The number of amides is 2. The van der Waals surface area contributed by atoms with E-state index in [1.54, 1.807) is 6.07 Å². The predicted molar refractivity (Wildman–Crippen MR) is 151 cm³/mol. The van der Waals surface area contributed by atoms with Gasteiger partial charge in [-0.2, -0.15) is 0 Å². The molecule has 40 heavy (non-hydrogen) atoms. The number of aromatic hydroxyl groups is 1. The van der Waals surface area contributed by atoms with E-state index in [4.69, 9.17) is 9.56 Å². The van der Waals surface area contributed by atoms with Gasteiger partial charge in [0, 0.05) is 38.8 Å². The molecule has 0 atom stereocenters. The van der Waals surface area contributed by atoms with Crippen molar-refractivity contribution in [2.24, 2.45) is 5.14 Å². The Morgan fingerprint density at radius 2 is 1.65 bits per heavy atom. The SMILES string of the molecule is NS(=O)(=O)c1ccc(NC(=O)Nc2ccc(-c3c4ccc(=O)cc-4oc4cc(O)ccc34)c(C(=O)O)c2)c(Br)c1. The van der Waals surface area contributed by atoms with Crippen LogP contribution in [-0.2, 0) is 10.0 Å². The molecule has 0 saturated heterocycles. The molecule has 0 fully saturated rings. The number of nitrogens with one attached hydrogen (secondary N) is 2. The first-order valence-electron chi connectivity index (χ1n) is 11.4. The van der Waals surface area contributed by atoms with Crippen molar-refractivity contribution < 1.29 is 32.6 Å². The van der Waals surface area contributed by atoms with E-state index in [2.05, 4.69) is 26.6 Å². The molecule has 0 radical (unpaired) electrons. The molecule has 1 heterocycles. The third-order valence-electron chi connectivity index (χ3n) is 5.97. The minimum absolute atomic E-state index is 0.0743. The van der Waals surface area contributed by atoms with Gasteiger partial charge in [0.2, 0.25) is 10.0 Å². The summed E-state index contributed by atoms with van der Waals surface area (Å²) in [4.78, 5) is 36.9. The molecule has 0 bridgehead atoms. The molecule has 2 aliphatic rings. The van der Waals surface area contributed by atoms with Crippen LogP contribution in [0.4, 0.5) is 16.2 Å². The Morgan fingerprint density at radius 3 is 2.35 bits per heavy atom. The molecule has 0 unspecified atom stereocenters. The lowest BCUT2D eigenvalue weighted by molar-refractivity contribution is 0.0697. The van der Waals surface area contributed by atoms with Crippen LogP contribution in [0.15, 0.2) is 91.4 Å². The molecule has 202 valence electrons. The maximum atomic E-state index is 12.7. The number of nitrogens with two attached hydrogens (primary N) is 1. The summed E-state index contributed by atoms with van der Waals surface area (Å²) < 4.78 is 29.1. The molecular formula is C27H18BrN3O8S. The van der Waals surface area contributed by atoms with Crippen molar-refractivity contribution in [1.29, 1.82) is 0 Å². The average molecular weight is 624 g/mol. The standard InChI is InChI=1S/C27H18BrN3O8S/c28-21-12-16(40(29,37)38)4-8-22(21)31-27(36)30-13-1-5-17(20(9-13)26(34)35)25-18-6-2-14(32)10-23(18)39-24-11-15(33)3-7-19(24)25/h1-12,32H,(H,34,35)(H2,29,37,38)(H2,30,31,36). The van der Waals surface area contributed by atoms with E-state index < -0.39 is 22.0 Å². The van der Waals surface area contributed by atoms with Gasteiger partial charge < -0.3 is 25.3 Å². The lowest BCUT2D eigenvalue weighted by atomic mass is 9.90. The van der Waals surface area contributed by atoms with E-state index >= 15 is 0 Å². The number of anilines is 2. The van der Waals surface area contributed by atoms with Gasteiger partial charge in [0.1, 0.15) is 17.1 Å². The molecule has 1 aliphatic carbocycles. The van der Waals surface area contributed by atoms with Crippen LogP contribution >= 0.6 is 15.9 Å². The Hall–Kier alpha value is -4.72. The van der Waals surface area contributed by atoms with Gasteiger partial charge in [0.05, 0.1) is 16.1 Å². The molecule has 11 nitrogen and oxygen atoms in total. The highest BCUT2D eigenvalue weighted by molar-refractivity contribution is 9.10. The second-order valence-electron chi connectivity index (χ2n) is 8.65. The molecular weight excluding hydrogens is 606 g/mol. The Morgan fingerprint density at radius 1 is 0.900 bits per heavy atom. The van der Waals surface area contributed by atoms with Crippen LogP contribution in [0.1, 0.15) is 10.4 Å². The highest BCUT2D eigenvalue weighted by Gasteiger charge is 2.22. The second kappa shape index (κ2) is 10.1. The number of phenolic OH excluding ortho intramolecular Hbond substituents is 1. The molecule has 6 N–H and O–H groups in total. The highest BCUT2D eigenvalue weighted by atomic mass is 79.9. The smallest absolute Gasteiger partial charge is 0.336 e. The zero-order valence-corrected chi connectivity index (χ0v) is 22.5. The number of rotatable bonds is 5. The number of hydrogen-bond donors (Lipinski definition) is 5. The fraction of sp³-hybridized carbons (Fsp3) is 0. The van der Waals surface area contributed by atoms with Crippen LogP contribution in [-0.4, -0.2) is 30.6 Å². The number of hydrogen-bond acceptors (Lipinski definition) is 7. The number of carboxylic acid groups (broad SMARTS) is 1. The molecule has 3 aromatic carbocycles. The quantitative estimate of drug-likeness (QED) is 0.168. The van der Waals surface area contributed by atoms with Crippen LogP contribution in [0, 0.1) is 0 Å². The number of carbonyl (C=O) groups is 2. The minimum atomic E-state index is -3.94. The van der Waals surface area contributed by atoms with E-state index in [0.29, 0.717) is 16.5 Å². The second-order valence-corrected chi connectivity index (χ2v) is 11.1. The third kappa shape index (κ3) is 5.25. The molecule has 13 heteroatoms. The number of aromatic carboxylic acids is 1. The van der Waals surface area contributed by atoms with Crippen LogP contribution in [0.25, 0.3) is 33.4 Å². The van der Waals surface area contributed by atoms with Crippen molar-refractivity contribution in [3.05, 3.63) is 93.1 Å². The van der Waals surface area contributed by atoms with Gasteiger partial charge in [-0.25, -0.2) is 23.1 Å². The van der Waals surface area contributed by atoms with Crippen molar-refractivity contribution in [2.45, 2.75) is 4.90 Å². The van der Waals surface area contributed by atoms with Crippen LogP contribution < -0.4 is 21.2 Å². The maximum Gasteiger partial charge on any atom is 0.336 e. The van der Waals surface area contributed by atoms with Crippen molar-refractivity contribution in [2.75, 3.05) is 10.6 Å². The molecule has 0 spiro atoms. The van der Waals surface area contributed by atoms with E-state index in [-0.39, 0.29) is 54.4 Å². The van der Waals surface area contributed by atoms with E-state index in [1.807, 2.05) is 0 Å². The monoisotopic (exact) mass is 623 g/mol. The minimum Gasteiger partial charge on any atom is -0.508 e. The fourth-order valence-corrected chi connectivity index (χ4v) is 5.39. The van der Waals surface area contributed by atoms with E-state index in [9.17, 15) is 33.0 Å². The van der Waals surface area contributed by atoms with Gasteiger partial charge in [0.15, 0.2) is 5.43 Å². The molecule has 0 saturated carbocycles. The van der Waals surface area contributed by atoms with Crippen LogP contribution in [0.5, 0.6) is 5.75 Å². The summed E-state index contributed by atoms with van der Waals surface area (Å²) in [5.74, 6) is -1.14. The van der Waals surface area contributed by atoms with Crippen molar-refractivity contribution in [3.63, 3.8) is 0 Å². The summed E-state index contributed by atoms with van der Waals surface area (Å²) in [6.07, 6.45) is 0. The van der Waals surface area contributed by atoms with E-state index in [1.165, 1.54) is 66.7 Å². The predicted octanol–water partition coefficient (Wildman–Crippen LogP) is 5.02. The number of halogens is 1. The van der Waals surface area contributed by atoms with E-state index in [0.717, 1.165) is 0 Å². The van der Waals surface area contributed by atoms with Gasteiger partial charge in [-0.3, -0.25) is 4.79 Å².